The maximum absolute atomic E-state index is 12.2. The number of rotatable bonds is 9. The predicted molar refractivity (Wildman–Crippen MR) is 133 cm³/mol. The molecule has 2 unspecified atom stereocenters. The minimum absolute atomic E-state index is 0.176. The summed E-state index contributed by atoms with van der Waals surface area (Å²) in [6, 6.07) is 23.6. The van der Waals surface area contributed by atoms with Crippen molar-refractivity contribution in [2.24, 2.45) is 0 Å². The second-order valence-corrected chi connectivity index (χ2v) is 8.76. The van der Waals surface area contributed by atoms with Crippen molar-refractivity contribution in [1.82, 2.24) is 4.90 Å². The molecule has 1 fully saturated rings. The summed E-state index contributed by atoms with van der Waals surface area (Å²) in [7, 11) is 0. The summed E-state index contributed by atoms with van der Waals surface area (Å²) in [5.74, 6) is 0.607. The van der Waals surface area contributed by atoms with Crippen LogP contribution in [0, 0.1) is 6.92 Å². The van der Waals surface area contributed by atoms with Gasteiger partial charge in [-0.1, -0.05) is 67.1 Å². The van der Waals surface area contributed by atoms with E-state index in [1.807, 2.05) is 67.6 Å². The Morgan fingerprint density at radius 3 is 2.50 bits per heavy atom. The van der Waals surface area contributed by atoms with E-state index in [-0.39, 0.29) is 6.04 Å². The first kappa shape index (κ1) is 23.8. The van der Waals surface area contributed by atoms with Gasteiger partial charge in [0.1, 0.15) is 12.6 Å². The molecular formula is C29H33NO4. The van der Waals surface area contributed by atoms with E-state index in [1.165, 1.54) is 0 Å². The van der Waals surface area contributed by atoms with Crippen molar-refractivity contribution >= 4 is 5.97 Å². The summed E-state index contributed by atoms with van der Waals surface area (Å²) in [6.45, 7) is 5.75. The molecule has 0 saturated carbocycles. The average Bonchev–Trinajstić information content (AvgIpc) is 2.86. The molecule has 1 heterocycles. The lowest BCUT2D eigenvalue weighted by atomic mass is 9.89. The molecule has 0 aliphatic carbocycles. The number of hydrogen-bond acceptors (Lipinski definition) is 4. The Morgan fingerprint density at radius 1 is 1.00 bits per heavy atom. The molecule has 0 spiro atoms. The van der Waals surface area contributed by atoms with Crippen LogP contribution in [0.1, 0.15) is 54.5 Å². The van der Waals surface area contributed by atoms with E-state index in [4.69, 9.17) is 9.47 Å². The first-order chi connectivity index (χ1) is 16.6. The average molecular weight is 460 g/mol. The van der Waals surface area contributed by atoms with Crippen LogP contribution >= 0.6 is 0 Å². The molecule has 1 aliphatic rings. The molecular weight excluding hydrogens is 426 g/mol. The van der Waals surface area contributed by atoms with Gasteiger partial charge in [0.25, 0.3) is 0 Å². The molecule has 0 bridgehead atoms. The van der Waals surface area contributed by atoms with Gasteiger partial charge >= 0.3 is 5.97 Å². The van der Waals surface area contributed by atoms with Crippen LogP contribution in [-0.2, 0) is 11.4 Å². The van der Waals surface area contributed by atoms with Crippen molar-refractivity contribution in [2.45, 2.75) is 51.8 Å². The van der Waals surface area contributed by atoms with Crippen molar-refractivity contribution in [3.8, 4) is 11.5 Å². The predicted octanol–water partition coefficient (Wildman–Crippen LogP) is 6.00. The number of nitrogens with zero attached hydrogens (tertiary/aromatic N) is 1. The Morgan fingerprint density at radius 2 is 1.76 bits per heavy atom. The maximum Gasteiger partial charge on any atom is 0.320 e. The summed E-state index contributed by atoms with van der Waals surface area (Å²) >= 11 is 0. The van der Waals surface area contributed by atoms with Gasteiger partial charge in [0.05, 0.1) is 12.6 Å². The lowest BCUT2D eigenvalue weighted by Gasteiger charge is -2.40. The number of piperidine rings is 1. The van der Waals surface area contributed by atoms with E-state index in [1.54, 1.807) is 0 Å². The van der Waals surface area contributed by atoms with Crippen molar-refractivity contribution in [3.63, 3.8) is 0 Å². The fraction of sp³-hybridized carbons (Fsp3) is 0.345. The Labute approximate surface area is 201 Å². The first-order valence-corrected chi connectivity index (χ1v) is 12.1. The monoisotopic (exact) mass is 459 g/mol. The minimum Gasteiger partial charge on any atom is -0.490 e. The second-order valence-electron chi connectivity index (χ2n) is 8.76. The number of benzene rings is 3. The summed E-state index contributed by atoms with van der Waals surface area (Å²) in [6.07, 6.45) is 2.58. The molecule has 34 heavy (non-hydrogen) atoms. The van der Waals surface area contributed by atoms with Gasteiger partial charge in [0.15, 0.2) is 11.5 Å². The lowest BCUT2D eigenvalue weighted by molar-refractivity contribution is -0.145. The van der Waals surface area contributed by atoms with Crippen molar-refractivity contribution in [3.05, 3.63) is 95.1 Å². The molecule has 3 aromatic carbocycles. The van der Waals surface area contributed by atoms with Gasteiger partial charge < -0.3 is 14.6 Å². The smallest absolute Gasteiger partial charge is 0.320 e. The van der Waals surface area contributed by atoms with Crippen LogP contribution in [0.5, 0.6) is 11.5 Å². The van der Waals surface area contributed by atoms with Crippen LogP contribution in [0.25, 0.3) is 0 Å². The molecule has 4 rings (SSSR count). The summed E-state index contributed by atoms with van der Waals surface area (Å²) in [5.41, 5.74) is 4.36. The van der Waals surface area contributed by atoms with E-state index in [0.717, 1.165) is 41.6 Å². The number of hydrogen-bond donors (Lipinski definition) is 1. The number of aliphatic carboxylic acids is 1. The van der Waals surface area contributed by atoms with Crippen molar-refractivity contribution in [2.75, 3.05) is 13.2 Å². The summed E-state index contributed by atoms with van der Waals surface area (Å²) < 4.78 is 12.1. The molecule has 5 nitrogen and oxygen atoms in total. The number of aryl methyl sites for hydroxylation is 1. The third kappa shape index (κ3) is 5.42. The Bertz CT molecular complexity index is 1100. The number of carboxylic acids is 1. The Balaban J connectivity index is 1.72. The zero-order valence-corrected chi connectivity index (χ0v) is 19.9. The van der Waals surface area contributed by atoms with Crippen molar-refractivity contribution in [1.29, 1.82) is 0 Å². The second kappa shape index (κ2) is 11.2. The van der Waals surface area contributed by atoms with Gasteiger partial charge in [-0.3, -0.25) is 9.69 Å². The third-order valence-electron chi connectivity index (χ3n) is 6.46. The van der Waals surface area contributed by atoms with E-state index in [2.05, 4.69) is 24.0 Å². The molecule has 0 aromatic heterocycles. The van der Waals surface area contributed by atoms with E-state index < -0.39 is 12.0 Å². The van der Waals surface area contributed by atoms with Gasteiger partial charge in [-0.25, -0.2) is 0 Å². The number of ether oxygens (including phenoxy) is 2. The van der Waals surface area contributed by atoms with E-state index >= 15 is 0 Å². The molecule has 1 saturated heterocycles. The standard InChI is InChI=1S/C29H33NO4/c1-3-33-27-19-23(16-17-26(27)34-20-22-12-5-4-6-13-22)28(24-14-8-7-11-21(24)2)30-18-10-9-15-25(30)29(31)32/h4-8,11-14,16-17,19,25,28H,3,9-10,15,18,20H2,1-2H3,(H,31,32). The molecule has 3 aromatic rings. The van der Waals surface area contributed by atoms with Gasteiger partial charge in [0.2, 0.25) is 0 Å². The van der Waals surface area contributed by atoms with Crippen LogP contribution in [0.4, 0.5) is 0 Å². The minimum atomic E-state index is -0.758. The summed E-state index contributed by atoms with van der Waals surface area (Å²) in [4.78, 5) is 14.3. The molecule has 0 radical (unpaired) electrons. The molecule has 5 heteroatoms. The highest BCUT2D eigenvalue weighted by atomic mass is 16.5. The largest absolute Gasteiger partial charge is 0.490 e. The normalized spacial score (nSPS) is 17.2. The van der Waals surface area contributed by atoms with Crippen LogP contribution in [0.15, 0.2) is 72.8 Å². The van der Waals surface area contributed by atoms with E-state index in [0.29, 0.717) is 31.1 Å². The quantitative estimate of drug-likeness (QED) is 0.425. The summed E-state index contributed by atoms with van der Waals surface area (Å²) in [5, 5.41) is 10.00. The zero-order valence-electron chi connectivity index (χ0n) is 19.9. The molecule has 1 N–H and O–H groups in total. The maximum atomic E-state index is 12.2. The van der Waals surface area contributed by atoms with Gasteiger partial charge in [-0.05, 0) is 67.6 Å². The molecule has 1 aliphatic heterocycles. The zero-order chi connectivity index (χ0) is 23.9. The molecule has 0 amide bonds. The van der Waals surface area contributed by atoms with Crippen LogP contribution in [0.2, 0.25) is 0 Å². The fourth-order valence-corrected chi connectivity index (χ4v) is 4.79. The first-order valence-electron chi connectivity index (χ1n) is 12.1. The number of carboxylic acid groups (broad SMARTS) is 1. The van der Waals surface area contributed by atoms with E-state index in [9.17, 15) is 9.90 Å². The SMILES string of the molecule is CCOc1cc(C(c2ccccc2C)N2CCCCC2C(=O)O)ccc1OCc1ccccc1. The van der Waals surface area contributed by atoms with Crippen LogP contribution in [0.3, 0.4) is 0 Å². The van der Waals surface area contributed by atoms with Crippen molar-refractivity contribution < 1.29 is 19.4 Å². The Kier molecular flexibility index (Phi) is 7.86. The van der Waals surface area contributed by atoms with Crippen LogP contribution in [-0.4, -0.2) is 35.2 Å². The molecule has 178 valence electrons. The van der Waals surface area contributed by atoms with Gasteiger partial charge in [-0.15, -0.1) is 0 Å². The van der Waals surface area contributed by atoms with Gasteiger partial charge in [-0.2, -0.15) is 0 Å². The third-order valence-corrected chi connectivity index (χ3v) is 6.46. The lowest BCUT2D eigenvalue weighted by Crippen LogP contribution is -2.47. The number of carbonyl (C=O) groups is 1. The highest BCUT2D eigenvalue weighted by Gasteiger charge is 2.36. The molecule has 2 atom stereocenters. The topological polar surface area (TPSA) is 59.0 Å². The Hall–Kier alpha value is -3.31. The highest BCUT2D eigenvalue weighted by molar-refractivity contribution is 5.73. The fourth-order valence-electron chi connectivity index (χ4n) is 4.79. The highest BCUT2D eigenvalue weighted by Crippen LogP contribution is 2.39. The van der Waals surface area contributed by atoms with Gasteiger partial charge in [0, 0.05) is 0 Å². The van der Waals surface area contributed by atoms with Crippen LogP contribution < -0.4 is 9.47 Å². The number of likely N-dealkylation sites (tertiary alicyclic amines) is 1.